The second-order valence-electron chi connectivity index (χ2n) is 3.71. The van der Waals surface area contributed by atoms with Crippen LogP contribution in [0.5, 0.6) is 5.75 Å². The standard InChI is InChI=1S/C12H16N2O2S/c1-2-7-14(8-11(13)17)12(16)9-5-3-4-6-10(9)15/h3-6,15H,2,7-8H2,1H3,(H2,13,17). The highest BCUT2D eigenvalue weighted by atomic mass is 32.1. The minimum atomic E-state index is -0.252. The summed E-state index contributed by atoms with van der Waals surface area (Å²) in [5, 5.41) is 9.62. The summed E-state index contributed by atoms with van der Waals surface area (Å²) in [6.07, 6.45) is 0.807. The Morgan fingerprint density at radius 3 is 2.65 bits per heavy atom. The number of hydrogen-bond acceptors (Lipinski definition) is 3. The molecule has 0 aliphatic rings. The highest BCUT2D eigenvalue weighted by Gasteiger charge is 2.18. The molecule has 0 aliphatic carbocycles. The molecular formula is C12H16N2O2S. The van der Waals surface area contributed by atoms with Gasteiger partial charge in [-0.25, -0.2) is 0 Å². The largest absolute Gasteiger partial charge is 0.507 e. The fourth-order valence-electron chi connectivity index (χ4n) is 1.54. The van der Waals surface area contributed by atoms with Crippen LogP contribution in [0.3, 0.4) is 0 Å². The van der Waals surface area contributed by atoms with E-state index in [1.807, 2.05) is 6.92 Å². The smallest absolute Gasteiger partial charge is 0.257 e. The van der Waals surface area contributed by atoms with Crippen LogP contribution in [0.4, 0.5) is 0 Å². The van der Waals surface area contributed by atoms with Crippen LogP contribution in [-0.2, 0) is 0 Å². The Balaban J connectivity index is 2.91. The first-order valence-corrected chi connectivity index (χ1v) is 5.82. The van der Waals surface area contributed by atoms with Crippen molar-refractivity contribution in [2.24, 2.45) is 5.73 Å². The van der Waals surface area contributed by atoms with E-state index in [1.54, 1.807) is 18.2 Å². The molecule has 3 N–H and O–H groups in total. The lowest BCUT2D eigenvalue weighted by Gasteiger charge is -2.21. The molecule has 1 aromatic carbocycles. The first kappa shape index (κ1) is 13.4. The predicted octanol–water partition coefficient (Wildman–Crippen LogP) is 1.53. The summed E-state index contributed by atoms with van der Waals surface area (Å²) in [7, 11) is 0. The molecule has 17 heavy (non-hydrogen) atoms. The molecule has 0 unspecified atom stereocenters. The third kappa shape index (κ3) is 3.71. The molecule has 0 atom stereocenters. The number of hydrogen-bond donors (Lipinski definition) is 2. The second kappa shape index (κ2) is 6.20. The van der Waals surface area contributed by atoms with E-state index in [1.165, 1.54) is 11.0 Å². The molecule has 0 aliphatic heterocycles. The Morgan fingerprint density at radius 1 is 1.47 bits per heavy atom. The van der Waals surface area contributed by atoms with Gasteiger partial charge in [0.25, 0.3) is 5.91 Å². The van der Waals surface area contributed by atoms with Crippen LogP contribution in [0.25, 0.3) is 0 Å². The van der Waals surface area contributed by atoms with E-state index in [0.29, 0.717) is 6.54 Å². The number of benzene rings is 1. The van der Waals surface area contributed by atoms with Crippen LogP contribution in [0.1, 0.15) is 23.7 Å². The molecule has 0 spiro atoms. The maximum atomic E-state index is 12.1. The molecule has 1 aromatic rings. The highest BCUT2D eigenvalue weighted by Crippen LogP contribution is 2.17. The van der Waals surface area contributed by atoms with Gasteiger partial charge < -0.3 is 15.7 Å². The number of carbonyl (C=O) groups is 1. The number of phenolic OH excluding ortho intramolecular Hbond substituents is 1. The molecule has 92 valence electrons. The van der Waals surface area contributed by atoms with Crippen molar-refractivity contribution in [1.29, 1.82) is 0 Å². The summed E-state index contributed by atoms with van der Waals surface area (Å²) >= 11 is 4.81. The number of para-hydroxylation sites is 1. The van der Waals surface area contributed by atoms with Crippen LogP contribution in [0, 0.1) is 0 Å². The van der Waals surface area contributed by atoms with Crippen molar-refractivity contribution in [3.63, 3.8) is 0 Å². The summed E-state index contributed by atoms with van der Waals surface area (Å²) in [4.78, 5) is 13.9. The number of thiocarbonyl (C=S) groups is 1. The molecular weight excluding hydrogens is 236 g/mol. The second-order valence-corrected chi connectivity index (χ2v) is 4.23. The van der Waals surface area contributed by atoms with Crippen molar-refractivity contribution in [3.8, 4) is 5.75 Å². The number of nitrogens with zero attached hydrogens (tertiary/aromatic N) is 1. The summed E-state index contributed by atoms with van der Waals surface area (Å²) in [6.45, 7) is 2.76. The molecule has 1 rings (SSSR count). The number of aromatic hydroxyl groups is 1. The van der Waals surface area contributed by atoms with Gasteiger partial charge in [0.1, 0.15) is 5.75 Å². The van der Waals surface area contributed by atoms with Gasteiger partial charge in [-0.3, -0.25) is 4.79 Å². The number of carbonyl (C=O) groups excluding carboxylic acids is 1. The molecule has 0 saturated heterocycles. The van der Waals surface area contributed by atoms with Gasteiger partial charge in [0, 0.05) is 6.54 Å². The van der Waals surface area contributed by atoms with Crippen molar-refractivity contribution in [1.82, 2.24) is 4.90 Å². The van der Waals surface area contributed by atoms with Gasteiger partial charge in [0.05, 0.1) is 17.1 Å². The van der Waals surface area contributed by atoms with Gasteiger partial charge in [-0.05, 0) is 18.6 Å². The lowest BCUT2D eigenvalue weighted by Crippen LogP contribution is -2.38. The van der Waals surface area contributed by atoms with Crippen LogP contribution in [0.2, 0.25) is 0 Å². The van der Waals surface area contributed by atoms with Crippen molar-refractivity contribution in [3.05, 3.63) is 29.8 Å². The zero-order valence-corrected chi connectivity index (χ0v) is 10.5. The molecule has 4 nitrogen and oxygen atoms in total. The quantitative estimate of drug-likeness (QED) is 0.780. The van der Waals surface area contributed by atoms with Gasteiger partial charge in [0.2, 0.25) is 0 Å². The third-order valence-electron chi connectivity index (χ3n) is 2.26. The van der Waals surface area contributed by atoms with E-state index < -0.39 is 0 Å². The summed E-state index contributed by atoms with van der Waals surface area (Å²) in [6, 6.07) is 6.44. The van der Waals surface area contributed by atoms with E-state index in [0.717, 1.165) is 6.42 Å². The average molecular weight is 252 g/mol. The number of nitrogens with two attached hydrogens (primary N) is 1. The maximum Gasteiger partial charge on any atom is 0.257 e. The normalized spacial score (nSPS) is 9.94. The third-order valence-corrected chi connectivity index (χ3v) is 2.39. The highest BCUT2D eigenvalue weighted by molar-refractivity contribution is 7.80. The van der Waals surface area contributed by atoms with Crippen molar-refractivity contribution >= 4 is 23.1 Å². The number of amides is 1. The summed E-state index contributed by atoms with van der Waals surface area (Å²) in [5.41, 5.74) is 5.73. The summed E-state index contributed by atoms with van der Waals surface area (Å²) in [5.74, 6) is -0.278. The minimum Gasteiger partial charge on any atom is -0.507 e. The first-order chi connectivity index (χ1) is 8.06. The lowest BCUT2D eigenvalue weighted by molar-refractivity contribution is 0.0777. The predicted molar refractivity (Wildman–Crippen MR) is 71.1 cm³/mol. The van der Waals surface area contributed by atoms with E-state index in [4.69, 9.17) is 18.0 Å². The van der Waals surface area contributed by atoms with Crippen molar-refractivity contribution in [2.75, 3.05) is 13.1 Å². The van der Waals surface area contributed by atoms with Gasteiger partial charge >= 0.3 is 0 Å². The number of rotatable bonds is 5. The zero-order valence-electron chi connectivity index (χ0n) is 9.72. The van der Waals surface area contributed by atoms with Gasteiger partial charge in [0.15, 0.2) is 0 Å². The van der Waals surface area contributed by atoms with Crippen LogP contribution in [0.15, 0.2) is 24.3 Å². The van der Waals surface area contributed by atoms with Crippen LogP contribution in [-0.4, -0.2) is 34.0 Å². The maximum absolute atomic E-state index is 12.1. The SMILES string of the molecule is CCCN(CC(N)=S)C(=O)c1ccccc1O. The zero-order chi connectivity index (χ0) is 12.8. The fraction of sp³-hybridized carbons (Fsp3) is 0.333. The van der Waals surface area contributed by atoms with Crippen molar-refractivity contribution < 1.29 is 9.90 Å². The summed E-state index contributed by atoms with van der Waals surface area (Å²) < 4.78 is 0. The van der Waals surface area contributed by atoms with E-state index in [-0.39, 0.29) is 28.8 Å². The molecule has 0 heterocycles. The molecule has 0 bridgehead atoms. The molecule has 0 fully saturated rings. The minimum absolute atomic E-state index is 0.0263. The van der Waals surface area contributed by atoms with Crippen LogP contribution < -0.4 is 5.73 Å². The molecule has 0 aromatic heterocycles. The van der Waals surface area contributed by atoms with Crippen molar-refractivity contribution in [2.45, 2.75) is 13.3 Å². The first-order valence-electron chi connectivity index (χ1n) is 5.41. The van der Waals surface area contributed by atoms with Crippen LogP contribution >= 0.6 is 12.2 Å². The Morgan fingerprint density at radius 2 is 2.12 bits per heavy atom. The van der Waals surface area contributed by atoms with Gasteiger partial charge in [-0.2, -0.15) is 0 Å². The number of phenols is 1. The lowest BCUT2D eigenvalue weighted by atomic mass is 10.1. The van der Waals surface area contributed by atoms with Gasteiger partial charge in [-0.15, -0.1) is 0 Å². The monoisotopic (exact) mass is 252 g/mol. The Labute approximate surface area is 106 Å². The van der Waals surface area contributed by atoms with Gasteiger partial charge in [-0.1, -0.05) is 31.3 Å². The molecule has 0 radical (unpaired) electrons. The fourth-order valence-corrected chi connectivity index (χ4v) is 1.69. The Kier molecular flexibility index (Phi) is 4.90. The van der Waals surface area contributed by atoms with E-state index >= 15 is 0 Å². The Hall–Kier alpha value is -1.62. The average Bonchev–Trinajstić information content (AvgIpc) is 2.28. The Bertz CT molecular complexity index is 421. The topological polar surface area (TPSA) is 66.6 Å². The van der Waals surface area contributed by atoms with E-state index in [2.05, 4.69) is 0 Å². The van der Waals surface area contributed by atoms with E-state index in [9.17, 15) is 9.90 Å². The molecule has 1 amide bonds. The molecule has 5 heteroatoms. The molecule has 0 saturated carbocycles.